The van der Waals surface area contributed by atoms with Crippen LogP contribution in [0.15, 0.2) is 36.3 Å². The van der Waals surface area contributed by atoms with Crippen molar-refractivity contribution in [2.75, 3.05) is 13.2 Å². The summed E-state index contributed by atoms with van der Waals surface area (Å²) < 4.78 is 48.0. The molecule has 0 fully saturated rings. The van der Waals surface area contributed by atoms with Crippen LogP contribution in [-0.2, 0) is 20.4 Å². The molecule has 1 N–H and O–H groups in total. The number of rotatable bonds is 3. The predicted molar refractivity (Wildman–Crippen MR) is 68.0 cm³/mol. The van der Waals surface area contributed by atoms with Crippen molar-refractivity contribution < 1.29 is 27.4 Å². The molecule has 1 amide bonds. The predicted octanol–water partition coefficient (Wildman–Crippen LogP) is 2.77. The summed E-state index contributed by atoms with van der Waals surface area (Å²) >= 11 is 0. The fraction of sp³-hybridized carbons (Fsp3) is 0.357. The number of nitrogens with one attached hydrogen (secondary N) is 1. The normalized spacial score (nSPS) is 16.3. The minimum Gasteiger partial charge on any atom is -0.494 e. The van der Waals surface area contributed by atoms with Gasteiger partial charge in [0.2, 0.25) is 5.76 Å². The van der Waals surface area contributed by atoms with Crippen LogP contribution in [0.25, 0.3) is 0 Å². The van der Waals surface area contributed by atoms with E-state index in [0.29, 0.717) is 12.2 Å². The zero-order valence-electron chi connectivity index (χ0n) is 11.2. The van der Waals surface area contributed by atoms with Crippen LogP contribution in [0.1, 0.15) is 24.1 Å². The van der Waals surface area contributed by atoms with Crippen molar-refractivity contribution >= 4 is 5.91 Å². The number of halogens is 3. The molecule has 0 bridgehead atoms. The Morgan fingerprint density at radius 2 is 2.10 bits per heavy atom. The Bertz CT molecular complexity index is 555. The van der Waals surface area contributed by atoms with Gasteiger partial charge in [0.05, 0.1) is 11.6 Å². The highest BCUT2D eigenvalue weighted by Gasteiger charge is 2.30. The Morgan fingerprint density at radius 3 is 2.71 bits per heavy atom. The van der Waals surface area contributed by atoms with E-state index in [2.05, 4.69) is 5.32 Å². The first-order valence-corrected chi connectivity index (χ1v) is 6.30. The second-order valence-electron chi connectivity index (χ2n) is 4.52. The first-order valence-electron chi connectivity index (χ1n) is 6.30. The Hall–Kier alpha value is -2.18. The molecule has 1 aromatic carbocycles. The molecule has 2 rings (SSSR count). The standard InChI is InChI=1S/C14H14F3NO3/c1-9(18-13(19)12-8-20-5-6-21-12)10-3-2-4-11(7-10)14(15,16)17/h2-4,7-9H,5-6H2,1H3,(H,18,19). The van der Waals surface area contributed by atoms with Crippen LogP contribution in [0.2, 0.25) is 0 Å². The van der Waals surface area contributed by atoms with Gasteiger partial charge in [0.1, 0.15) is 19.5 Å². The third-order valence-corrected chi connectivity index (χ3v) is 2.93. The van der Waals surface area contributed by atoms with Crippen LogP contribution in [0.3, 0.4) is 0 Å². The number of carbonyl (C=O) groups is 1. The van der Waals surface area contributed by atoms with Crippen molar-refractivity contribution in [1.82, 2.24) is 5.32 Å². The Kier molecular flexibility index (Phi) is 4.40. The molecule has 7 heteroatoms. The van der Waals surface area contributed by atoms with Gasteiger partial charge in [0.25, 0.3) is 5.91 Å². The molecule has 1 heterocycles. The van der Waals surface area contributed by atoms with Crippen LogP contribution in [-0.4, -0.2) is 19.1 Å². The van der Waals surface area contributed by atoms with Gasteiger partial charge in [0.15, 0.2) is 0 Å². The van der Waals surface area contributed by atoms with Crippen molar-refractivity contribution in [3.63, 3.8) is 0 Å². The maximum absolute atomic E-state index is 12.7. The van der Waals surface area contributed by atoms with Gasteiger partial charge in [-0.25, -0.2) is 0 Å². The summed E-state index contributed by atoms with van der Waals surface area (Å²) in [6.07, 6.45) is -3.22. The minimum atomic E-state index is -4.41. The molecule has 1 aliphatic rings. The van der Waals surface area contributed by atoms with Crippen LogP contribution in [0.4, 0.5) is 13.2 Å². The number of hydrogen-bond acceptors (Lipinski definition) is 3. The van der Waals surface area contributed by atoms with E-state index in [1.165, 1.54) is 18.4 Å². The zero-order valence-corrected chi connectivity index (χ0v) is 11.2. The van der Waals surface area contributed by atoms with Crippen molar-refractivity contribution in [3.8, 4) is 0 Å². The molecule has 0 saturated heterocycles. The van der Waals surface area contributed by atoms with Gasteiger partial charge in [-0.1, -0.05) is 12.1 Å². The lowest BCUT2D eigenvalue weighted by Gasteiger charge is -2.19. The highest BCUT2D eigenvalue weighted by molar-refractivity contribution is 5.91. The second-order valence-corrected chi connectivity index (χ2v) is 4.52. The summed E-state index contributed by atoms with van der Waals surface area (Å²) in [7, 11) is 0. The lowest BCUT2D eigenvalue weighted by atomic mass is 10.0. The molecule has 114 valence electrons. The molecular formula is C14H14F3NO3. The van der Waals surface area contributed by atoms with Crippen LogP contribution >= 0.6 is 0 Å². The van der Waals surface area contributed by atoms with E-state index >= 15 is 0 Å². The molecule has 21 heavy (non-hydrogen) atoms. The second kappa shape index (κ2) is 6.07. The third kappa shape index (κ3) is 3.90. The average molecular weight is 301 g/mol. The van der Waals surface area contributed by atoms with E-state index in [0.717, 1.165) is 12.1 Å². The summed E-state index contributed by atoms with van der Waals surface area (Å²) in [4.78, 5) is 11.9. The summed E-state index contributed by atoms with van der Waals surface area (Å²) in [6, 6.07) is 4.23. The van der Waals surface area contributed by atoms with E-state index < -0.39 is 23.7 Å². The van der Waals surface area contributed by atoms with Crippen molar-refractivity contribution in [2.24, 2.45) is 0 Å². The summed E-state index contributed by atoms with van der Waals surface area (Å²) in [6.45, 7) is 2.22. The maximum Gasteiger partial charge on any atom is 0.416 e. The molecule has 1 aliphatic heterocycles. The van der Waals surface area contributed by atoms with Gasteiger partial charge in [-0.15, -0.1) is 0 Å². The molecule has 0 radical (unpaired) electrons. The highest BCUT2D eigenvalue weighted by atomic mass is 19.4. The molecule has 0 aromatic heterocycles. The molecule has 1 atom stereocenters. The fourth-order valence-electron chi connectivity index (χ4n) is 1.82. The number of alkyl halides is 3. The molecule has 4 nitrogen and oxygen atoms in total. The monoisotopic (exact) mass is 301 g/mol. The number of carbonyl (C=O) groups excluding carboxylic acids is 1. The van der Waals surface area contributed by atoms with Crippen molar-refractivity contribution in [1.29, 1.82) is 0 Å². The smallest absolute Gasteiger partial charge is 0.416 e. The largest absolute Gasteiger partial charge is 0.494 e. The lowest BCUT2D eigenvalue weighted by Crippen LogP contribution is -2.30. The van der Waals surface area contributed by atoms with Gasteiger partial charge in [-0.05, 0) is 24.6 Å². The van der Waals surface area contributed by atoms with Gasteiger partial charge in [-0.2, -0.15) is 13.2 Å². The summed E-state index contributed by atoms with van der Waals surface area (Å²) in [5.41, 5.74) is -0.395. The van der Waals surface area contributed by atoms with Crippen molar-refractivity contribution in [3.05, 3.63) is 47.4 Å². The molecule has 1 unspecified atom stereocenters. The van der Waals surface area contributed by atoms with E-state index in [1.807, 2.05) is 0 Å². The SMILES string of the molecule is CC(NC(=O)C1=COCCO1)c1cccc(C(F)(F)F)c1. The Labute approximate surface area is 119 Å². The van der Waals surface area contributed by atoms with Gasteiger partial charge >= 0.3 is 6.18 Å². The van der Waals surface area contributed by atoms with Gasteiger partial charge < -0.3 is 14.8 Å². The topological polar surface area (TPSA) is 47.6 Å². The van der Waals surface area contributed by atoms with E-state index in [4.69, 9.17) is 9.47 Å². The summed E-state index contributed by atoms with van der Waals surface area (Å²) in [5.74, 6) is -0.514. The average Bonchev–Trinajstić information content (AvgIpc) is 2.47. The third-order valence-electron chi connectivity index (χ3n) is 2.93. The number of hydrogen-bond donors (Lipinski definition) is 1. The zero-order chi connectivity index (χ0) is 15.5. The van der Waals surface area contributed by atoms with E-state index in [1.54, 1.807) is 6.92 Å². The van der Waals surface area contributed by atoms with Gasteiger partial charge in [0, 0.05) is 0 Å². The van der Waals surface area contributed by atoms with Crippen LogP contribution in [0.5, 0.6) is 0 Å². The first kappa shape index (κ1) is 15.2. The summed E-state index contributed by atoms with van der Waals surface area (Å²) in [5, 5.41) is 2.56. The Morgan fingerprint density at radius 1 is 1.33 bits per heavy atom. The molecular weight excluding hydrogens is 287 g/mol. The fourth-order valence-corrected chi connectivity index (χ4v) is 1.82. The molecule has 0 spiro atoms. The van der Waals surface area contributed by atoms with Crippen LogP contribution < -0.4 is 5.32 Å². The molecule has 0 saturated carbocycles. The maximum atomic E-state index is 12.7. The minimum absolute atomic E-state index is 0.0140. The number of ether oxygens (including phenoxy) is 2. The van der Waals surface area contributed by atoms with E-state index in [9.17, 15) is 18.0 Å². The van der Waals surface area contributed by atoms with Crippen LogP contribution in [0, 0.1) is 0 Å². The number of amides is 1. The van der Waals surface area contributed by atoms with Gasteiger partial charge in [-0.3, -0.25) is 4.79 Å². The van der Waals surface area contributed by atoms with E-state index in [-0.39, 0.29) is 12.4 Å². The molecule has 0 aliphatic carbocycles. The Balaban J connectivity index is 2.08. The highest BCUT2D eigenvalue weighted by Crippen LogP contribution is 2.30. The van der Waals surface area contributed by atoms with Crippen molar-refractivity contribution in [2.45, 2.75) is 19.1 Å². The quantitative estimate of drug-likeness (QED) is 0.934. The first-order chi connectivity index (χ1) is 9.88. The molecule has 1 aromatic rings. The lowest BCUT2D eigenvalue weighted by molar-refractivity contribution is -0.137. The number of benzene rings is 1.